The molecule has 0 aliphatic rings. The maximum atomic E-state index is 6.05. The lowest BCUT2D eigenvalue weighted by atomic mass is 9.90. The highest BCUT2D eigenvalue weighted by atomic mass is 14.6. The molecule has 14 heavy (non-hydrogen) atoms. The van der Waals surface area contributed by atoms with E-state index in [9.17, 15) is 0 Å². The Morgan fingerprint density at radius 3 is 2.07 bits per heavy atom. The van der Waals surface area contributed by atoms with Crippen molar-refractivity contribution < 1.29 is 0 Å². The molecule has 0 saturated carbocycles. The molecule has 0 amide bonds. The summed E-state index contributed by atoms with van der Waals surface area (Å²) in [5.74, 6) is 0.457. The molecular formula is C13H21N. The van der Waals surface area contributed by atoms with Crippen molar-refractivity contribution in [2.24, 2.45) is 5.73 Å². The van der Waals surface area contributed by atoms with E-state index in [0.717, 1.165) is 6.42 Å². The quantitative estimate of drug-likeness (QED) is 0.780. The Labute approximate surface area is 87.3 Å². The molecule has 0 bridgehead atoms. The van der Waals surface area contributed by atoms with E-state index in [-0.39, 0.29) is 6.04 Å². The van der Waals surface area contributed by atoms with Crippen LogP contribution in [0.15, 0.2) is 18.2 Å². The molecule has 0 aliphatic carbocycles. The van der Waals surface area contributed by atoms with Crippen LogP contribution in [0.4, 0.5) is 0 Å². The van der Waals surface area contributed by atoms with Crippen LogP contribution in [0.1, 0.15) is 42.9 Å². The number of hydrogen-bond acceptors (Lipinski definition) is 1. The zero-order valence-electron chi connectivity index (χ0n) is 9.67. The van der Waals surface area contributed by atoms with Crippen LogP contribution in [0.2, 0.25) is 0 Å². The normalized spacial score (nSPS) is 15.2. The minimum atomic E-state index is 0.274. The zero-order valence-corrected chi connectivity index (χ0v) is 9.67. The molecule has 0 saturated heterocycles. The van der Waals surface area contributed by atoms with Crippen LogP contribution >= 0.6 is 0 Å². The van der Waals surface area contributed by atoms with Gasteiger partial charge in [-0.15, -0.1) is 0 Å². The number of benzene rings is 1. The summed E-state index contributed by atoms with van der Waals surface area (Å²) in [5.41, 5.74) is 10.1. The molecule has 1 nitrogen and oxygen atoms in total. The fourth-order valence-corrected chi connectivity index (χ4v) is 1.87. The Hall–Kier alpha value is -0.820. The van der Waals surface area contributed by atoms with Crippen molar-refractivity contribution in [2.75, 3.05) is 0 Å². The molecule has 0 aliphatic heterocycles. The molecule has 0 aromatic heterocycles. The van der Waals surface area contributed by atoms with Gasteiger partial charge in [-0.2, -0.15) is 0 Å². The fraction of sp³-hybridized carbons (Fsp3) is 0.538. The van der Waals surface area contributed by atoms with E-state index >= 15 is 0 Å². The predicted octanol–water partition coefficient (Wildman–Crippen LogP) is 3.14. The summed E-state index contributed by atoms with van der Waals surface area (Å²) >= 11 is 0. The van der Waals surface area contributed by atoms with Gasteiger partial charge in [0.05, 0.1) is 0 Å². The topological polar surface area (TPSA) is 26.0 Å². The van der Waals surface area contributed by atoms with Gasteiger partial charge in [0.15, 0.2) is 0 Å². The first-order valence-corrected chi connectivity index (χ1v) is 5.38. The van der Waals surface area contributed by atoms with E-state index in [1.807, 2.05) is 0 Å². The molecule has 2 N–H and O–H groups in total. The summed E-state index contributed by atoms with van der Waals surface area (Å²) in [5, 5.41) is 0. The molecule has 0 spiro atoms. The summed E-state index contributed by atoms with van der Waals surface area (Å²) in [6.45, 7) is 8.63. The highest BCUT2D eigenvalue weighted by Gasteiger charge is 2.13. The lowest BCUT2D eigenvalue weighted by Crippen LogP contribution is -2.25. The van der Waals surface area contributed by atoms with E-state index in [2.05, 4.69) is 45.9 Å². The third kappa shape index (κ3) is 2.58. The number of aryl methyl sites for hydroxylation is 2. The van der Waals surface area contributed by atoms with Gasteiger partial charge in [-0.05, 0) is 31.7 Å². The molecule has 0 fully saturated rings. The minimum absolute atomic E-state index is 0.274. The van der Waals surface area contributed by atoms with Gasteiger partial charge in [0.2, 0.25) is 0 Å². The number of hydrogen-bond donors (Lipinski definition) is 1. The summed E-state index contributed by atoms with van der Waals surface area (Å²) in [7, 11) is 0. The SMILES string of the molecule is CCC(N)C(C)c1cc(C)cc(C)c1. The third-order valence-electron chi connectivity index (χ3n) is 2.88. The van der Waals surface area contributed by atoms with Crippen LogP contribution in [0.3, 0.4) is 0 Å². The second-order valence-corrected chi connectivity index (χ2v) is 4.28. The van der Waals surface area contributed by atoms with E-state index in [0.29, 0.717) is 5.92 Å². The Balaban J connectivity index is 2.94. The van der Waals surface area contributed by atoms with Gasteiger partial charge < -0.3 is 5.73 Å². The molecule has 2 atom stereocenters. The van der Waals surface area contributed by atoms with E-state index in [1.54, 1.807) is 0 Å². The van der Waals surface area contributed by atoms with Gasteiger partial charge >= 0.3 is 0 Å². The van der Waals surface area contributed by atoms with Crippen molar-refractivity contribution in [3.8, 4) is 0 Å². The summed E-state index contributed by atoms with van der Waals surface area (Å²) < 4.78 is 0. The first-order chi connectivity index (χ1) is 6.54. The number of nitrogens with two attached hydrogens (primary N) is 1. The summed E-state index contributed by atoms with van der Waals surface area (Å²) in [4.78, 5) is 0. The largest absolute Gasteiger partial charge is 0.327 e. The van der Waals surface area contributed by atoms with Crippen LogP contribution in [0.5, 0.6) is 0 Å². The number of rotatable bonds is 3. The second-order valence-electron chi connectivity index (χ2n) is 4.28. The lowest BCUT2D eigenvalue weighted by Gasteiger charge is -2.19. The molecule has 78 valence electrons. The van der Waals surface area contributed by atoms with E-state index < -0.39 is 0 Å². The average molecular weight is 191 g/mol. The van der Waals surface area contributed by atoms with Crippen molar-refractivity contribution in [1.82, 2.24) is 0 Å². The molecule has 0 heterocycles. The molecule has 1 rings (SSSR count). The standard InChI is InChI=1S/C13H21N/c1-5-13(14)11(4)12-7-9(2)6-10(3)8-12/h6-8,11,13H,5,14H2,1-4H3. The lowest BCUT2D eigenvalue weighted by molar-refractivity contribution is 0.551. The summed E-state index contributed by atoms with van der Waals surface area (Å²) in [6.07, 6.45) is 1.04. The maximum absolute atomic E-state index is 6.05. The first-order valence-electron chi connectivity index (χ1n) is 5.38. The Kier molecular flexibility index (Phi) is 3.70. The highest BCUT2D eigenvalue weighted by molar-refractivity contribution is 5.31. The molecule has 0 radical (unpaired) electrons. The van der Waals surface area contributed by atoms with Gasteiger partial charge in [0.1, 0.15) is 0 Å². The van der Waals surface area contributed by atoms with Crippen molar-refractivity contribution in [1.29, 1.82) is 0 Å². The zero-order chi connectivity index (χ0) is 10.7. The van der Waals surface area contributed by atoms with Gasteiger partial charge in [0.25, 0.3) is 0 Å². The average Bonchev–Trinajstić information content (AvgIpc) is 2.14. The highest BCUT2D eigenvalue weighted by Crippen LogP contribution is 2.22. The molecule has 1 aromatic rings. The molecular weight excluding hydrogens is 170 g/mol. The smallest absolute Gasteiger partial charge is 0.0103 e. The molecule has 1 aromatic carbocycles. The Morgan fingerprint density at radius 1 is 1.14 bits per heavy atom. The monoisotopic (exact) mass is 191 g/mol. The first kappa shape index (κ1) is 11.3. The molecule has 2 unspecified atom stereocenters. The minimum Gasteiger partial charge on any atom is -0.327 e. The Morgan fingerprint density at radius 2 is 1.64 bits per heavy atom. The maximum Gasteiger partial charge on any atom is 0.0103 e. The van der Waals surface area contributed by atoms with E-state index in [4.69, 9.17) is 5.73 Å². The predicted molar refractivity (Wildman–Crippen MR) is 62.6 cm³/mol. The van der Waals surface area contributed by atoms with Crippen LogP contribution in [0, 0.1) is 13.8 Å². The summed E-state index contributed by atoms with van der Waals surface area (Å²) in [6, 6.07) is 6.96. The molecule has 1 heteroatoms. The van der Waals surface area contributed by atoms with E-state index in [1.165, 1.54) is 16.7 Å². The van der Waals surface area contributed by atoms with Gasteiger partial charge in [-0.1, -0.05) is 43.2 Å². The Bertz CT molecular complexity index is 284. The van der Waals surface area contributed by atoms with Crippen LogP contribution in [0.25, 0.3) is 0 Å². The van der Waals surface area contributed by atoms with Crippen molar-refractivity contribution in [3.05, 3.63) is 34.9 Å². The van der Waals surface area contributed by atoms with Crippen LogP contribution in [-0.4, -0.2) is 6.04 Å². The van der Waals surface area contributed by atoms with Crippen molar-refractivity contribution in [2.45, 2.75) is 46.1 Å². The van der Waals surface area contributed by atoms with Gasteiger partial charge in [-0.25, -0.2) is 0 Å². The van der Waals surface area contributed by atoms with Crippen molar-refractivity contribution in [3.63, 3.8) is 0 Å². The van der Waals surface area contributed by atoms with Gasteiger partial charge in [0, 0.05) is 6.04 Å². The van der Waals surface area contributed by atoms with Crippen LogP contribution < -0.4 is 5.73 Å². The van der Waals surface area contributed by atoms with Crippen molar-refractivity contribution >= 4 is 0 Å². The van der Waals surface area contributed by atoms with Gasteiger partial charge in [-0.3, -0.25) is 0 Å². The second kappa shape index (κ2) is 4.61. The fourth-order valence-electron chi connectivity index (χ4n) is 1.87. The third-order valence-corrected chi connectivity index (χ3v) is 2.88. The van der Waals surface area contributed by atoms with Crippen LogP contribution in [-0.2, 0) is 0 Å².